The molecule has 1 aromatic rings. The molecule has 1 amide bonds. The van der Waals surface area contributed by atoms with Gasteiger partial charge >= 0.3 is 0 Å². The summed E-state index contributed by atoms with van der Waals surface area (Å²) in [7, 11) is 0. The minimum Gasteiger partial charge on any atom is -0.381 e. The monoisotopic (exact) mass is 262 g/mol. The molecular formula is C15H22N2O2. The lowest BCUT2D eigenvalue weighted by atomic mass is 10.1. The van der Waals surface area contributed by atoms with Gasteiger partial charge in [-0.2, -0.15) is 0 Å². The smallest absolute Gasteiger partial charge is 0.242 e. The molecule has 2 N–H and O–H groups in total. The molecule has 104 valence electrons. The number of fused-ring (bicyclic) bond motifs is 1. The quantitative estimate of drug-likeness (QED) is 0.739. The Labute approximate surface area is 114 Å². The van der Waals surface area contributed by atoms with Crippen LogP contribution < -0.4 is 10.6 Å². The molecule has 0 fully saturated rings. The molecule has 0 saturated heterocycles. The SMILES string of the molecule is CCCOCCCNC(=O)[C@@H]1Cc2ccccc2N1. The molecule has 0 aromatic heterocycles. The van der Waals surface area contributed by atoms with Gasteiger partial charge in [0.15, 0.2) is 0 Å². The van der Waals surface area contributed by atoms with Gasteiger partial charge in [0, 0.05) is 31.9 Å². The highest BCUT2D eigenvalue weighted by molar-refractivity contribution is 5.87. The Balaban J connectivity index is 1.66. The highest BCUT2D eigenvalue weighted by Gasteiger charge is 2.25. The number of benzene rings is 1. The summed E-state index contributed by atoms with van der Waals surface area (Å²) in [5.41, 5.74) is 2.29. The Morgan fingerprint density at radius 1 is 1.42 bits per heavy atom. The van der Waals surface area contributed by atoms with Crippen molar-refractivity contribution < 1.29 is 9.53 Å². The number of carbonyl (C=O) groups excluding carboxylic acids is 1. The largest absolute Gasteiger partial charge is 0.381 e. The third kappa shape index (κ3) is 3.96. The molecule has 2 rings (SSSR count). The zero-order chi connectivity index (χ0) is 13.5. The number of hydrogen-bond donors (Lipinski definition) is 2. The van der Waals surface area contributed by atoms with Crippen molar-refractivity contribution in [2.24, 2.45) is 0 Å². The predicted molar refractivity (Wildman–Crippen MR) is 76.3 cm³/mol. The van der Waals surface area contributed by atoms with E-state index in [1.807, 2.05) is 18.2 Å². The number of rotatable bonds is 7. The third-order valence-corrected chi connectivity index (χ3v) is 3.20. The molecule has 0 unspecified atom stereocenters. The van der Waals surface area contributed by atoms with Crippen LogP contribution in [0.4, 0.5) is 5.69 Å². The van der Waals surface area contributed by atoms with Gasteiger partial charge in [0.1, 0.15) is 6.04 Å². The minimum absolute atomic E-state index is 0.0756. The molecule has 1 atom stereocenters. The van der Waals surface area contributed by atoms with Crippen molar-refractivity contribution in [1.82, 2.24) is 5.32 Å². The summed E-state index contributed by atoms with van der Waals surface area (Å²) < 4.78 is 5.37. The molecular weight excluding hydrogens is 240 g/mol. The van der Waals surface area contributed by atoms with E-state index in [2.05, 4.69) is 23.6 Å². The van der Waals surface area contributed by atoms with Crippen LogP contribution in [0.2, 0.25) is 0 Å². The molecule has 0 bridgehead atoms. The number of anilines is 1. The van der Waals surface area contributed by atoms with Crippen LogP contribution in [0.5, 0.6) is 0 Å². The fraction of sp³-hybridized carbons (Fsp3) is 0.533. The second-order valence-electron chi connectivity index (χ2n) is 4.82. The Kier molecular flexibility index (Phi) is 5.21. The highest BCUT2D eigenvalue weighted by atomic mass is 16.5. The molecule has 1 heterocycles. The predicted octanol–water partition coefficient (Wildman–Crippen LogP) is 1.96. The first-order valence-corrected chi connectivity index (χ1v) is 7.01. The summed E-state index contributed by atoms with van der Waals surface area (Å²) >= 11 is 0. The van der Waals surface area contributed by atoms with Gasteiger partial charge < -0.3 is 15.4 Å². The zero-order valence-electron chi connectivity index (χ0n) is 11.4. The molecule has 0 spiro atoms. The van der Waals surface area contributed by atoms with E-state index in [-0.39, 0.29) is 11.9 Å². The molecule has 1 aliphatic rings. The maximum atomic E-state index is 12.0. The molecule has 0 aliphatic carbocycles. The van der Waals surface area contributed by atoms with Crippen LogP contribution in [0.3, 0.4) is 0 Å². The average Bonchev–Trinajstić information content (AvgIpc) is 2.86. The van der Waals surface area contributed by atoms with Gasteiger partial charge in [-0.05, 0) is 24.5 Å². The molecule has 0 saturated carbocycles. The maximum absolute atomic E-state index is 12.0. The van der Waals surface area contributed by atoms with Gasteiger partial charge in [-0.25, -0.2) is 0 Å². The standard InChI is InChI=1S/C15H22N2O2/c1-2-9-19-10-5-8-16-15(18)14-11-12-6-3-4-7-13(12)17-14/h3-4,6-7,14,17H,2,5,8-11H2,1H3,(H,16,18)/t14-/m0/s1. The van der Waals surface area contributed by atoms with E-state index in [0.29, 0.717) is 13.2 Å². The van der Waals surface area contributed by atoms with E-state index in [1.54, 1.807) is 0 Å². The van der Waals surface area contributed by atoms with Crippen LogP contribution in [0.15, 0.2) is 24.3 Å². The van der Waals surface area contributed by atoms with E-state index in [1.165, 1.54) is 5.56 Å². The molecule has 1 aliphatic heterocycles. The topological polar surface area (TPSA) is 50.4 Å². The average molecular weight is 262 g/mol. The normalized spacial score (nSPS) is 16.8. The number of hydrogen-bond acceptors (Lipinski definition) is 3. The van der Waals surface area contributed by atoms with Crippen molar-refractivity contribution in [3.05, 3.63) is 29.8 Å². The number of amides is 1. The molecule has 19 heavy (non-hydrogen) atoms. The zero-order valence-corrected chi connectivity index (χ0v) is 11.4. The Morgan fingerprint density at radius 2 is 2.26 bits per heavy atom. The molecule has 4 heteroatoms. The summed E-state index contributed by atoms with van der Waals surface area (Å²) in [6.45, 7) is 4.28. The van der Waals surface area contributed by atoms with E-state index in [9.17, 15) is 4.79 Å². The van der Waals surface area contributed by atoms with Gasteiger partial charge in [0.25, 0.3) is 0 Å². The van der Waals surface area contributed by atoms with Crippen molar-refractivity contribution in [3.8, 4) is 0 Å². The van der Waals surface area contributed by atoms with Crippen LogP contribution in [-0.4, -0.2) is 31.7 Å². The minimum atomic E-state index is -0.131. The van der Waals surface area contributed by atoms with Crippen LogP contribution in [0.1, 0.15) is 25.3 Å². The van der Waals surface area contributed by atoms with Crippen molar-refractivity contribution in [2.45, 2.75) is 32.2 Å². The maximum Gasteiger partial charge on any atom is 0.242 e. The van der Waals surface area contributed by atoms with Crippen molar-refractivity contribution in [1.29, 1.82) is 0 Å². The fourth-order valence-corrected chi connectivity index (χ4v) is 2.21. The first kappa shape index (κ1) is 13.9. The van der Waals surface area contributed by atoms with Gasteiger partial charge in [-0.15, -0.1) is 0 Å². The summed E-state index contributed by atoms with van der Waals surface area (Å²) in [4.78, 5) is 12.0. The fourth-order valence-electron chi connectivity index (χ4n) is 2.21. The molecule has 0 radical (unpaired) electrons. The highest BCUT2D eigenvalue weighted by Crippen LogP contribution is 2.24. The Bertz CT molecular complexity index is 395. The summed E-state index contributed by atoms with van der Waals surface area (Å²) in [6.07, 6.45) is 2.68. The van der Waals surface area contributed by atoms with E-state index < -0.39 is 0 Å². The van der Waals surface area contributed by atoms with E-state index >= 15 is 0 Å². The van der Waals surface area contributed by atoms with E-state index in [0.717, 1.165) is 31.6 Å². The lowest BCUT2D eigenvalue weighted by Gasteiger charge is -2.11. The van der Waals surface area contributed by atoms with Gasteiger partial charge in [0.05, 0.1) is 0 Å². The second-order valence-corrected chi connectivity index (χ2v) is 4.82. The first-order chi connectivity index (χ1) is 9.31. The van der Waals surface area contributed by atoms with Crippen molar-refractivity contribution >= 4 is 11.6 Å². The summed E-state index contributed by atoms with van der Waals surface area (Å²) in [5, 5.41) is 6.21. The van der Waals surface area contributed by atoms with Crippen LogP contribution >= 0.6 is 0 Å². The van der Waals surface area contributed by atoms with Crippen LogP contribution in [0.25, 0.3) is 0 Å². The number of ether oxygens (including phenoxy) is 1. The lowest BCUT2D eigenvalue weighted by molar-refractivity contribution is -0.121. The molecule has 1 aromatic carbocycles. The summed E-state index contributed by atoms with van der Waals surface area (Å²) in [5.74, 6) is 0.0756. The van der Waals surface area contributed by atoms with Crippen molar-refractivity contribution in [3.63, 3.8) is 0 Å². The third-order valence-electron chi connectivity index (χ3n) is 3.20. The van der Waals surface area contributed by atoms with Gasteiger partial charge in [0.2, 0.25) is 5.91 Å². The van der Waals surface area contributed by atoms with Gasteiger partial charge in [-0.1, -0.05) is 25.1 Å². The first-order valence-electron chi connectivity index (χ1n) is 7.01. The number of nitrogens with one attached hydrogen (secondary N) is 2. The molecule has 4 nitrogen and oxygen atoms in total. The summed E-state index contributed by atoms with van der Waals surface area (Å²) in [6, 6.07) is 7.94. The van der Waals surface area contributed by atoms with Crippen molar-refractivity contribution in [2.75, 3.05) is 25.1 Å². The lowest BCUT2D eigenvalue weighted by Crippen LogP contribution is -2.39. The Hall–Kier alpha value is -1.55. The van der Waals surface area contributed by atoms with Crippen LogP contribution in [-0.2, 0) is 16.0 Å². The van der Waals surface area contributed by atoms with E-state index in [4.69, 9.17) is 4.74 Å². The van der Waals surface area contributed by atoms with Crippen LogP contribution in [0, 0.1) is 0 Å². The Morgan fingerprint density at radius 3 is 3.05 bits per heavy atom. The number of carbonyl (C=O) groups is 1. The van der Waals surface area contributed by atoms with Gasteiger partial charge in [-0.3, -0.25) is 4.79 Å². The second kappa shape index (κ2) is 7.14. The number of para-hydroxylation sites is 1.